The van der Waals surface area contributed by atoms with E-state index in [0.29, 0.717) is 17.0 Å². The van der Waals surface area contributed by atoms with Crippen molar-refractivity contribution in [3.63, 3.8) is 0 Å². The number of hydrazone groups is 1. The summed E-state index contributed by atoms with van der Waals surface area (Å²) in [4.78, 5) is 12.7. The van der Waals surface area contributed by atoms with Crippen LogP contribution in [0.25, 0.3) is 11.3 Å². The predicted octanol–water partition coefficient (Wildman–Crippen LogP) is 3.52. The largest absolute Gasteiger partial charge is 0.496 e. The number of nitrogens with one attached hydrogen (secondary N) is 1. The molecule has 9 nitrogen and oxygen atoms in total. The molecule has 11 heteroatoms. The Morgan fingerprint density at radius 3 is 2.55 bits per heavy atom. The maximum Gasteiger partial charge on any atom is 0.418 e. The average molecular weight is 467 g/mol. The SMILES string of the molecule is COc1ccc(S(=O)(=O)NC2SC(C)=NN2C)cc1-c1cccn1C(=O)OC(C)(C)C. The van der Waals surface area contributed by atoms with Gasteiger partial charge in [0.1, 0.15) is 11.4 Å². The molecule has 1 N–H and O–H groups in total. The number of nitrogens with zero attached hydrogens (tertiary/aromatic N) is 3. The summed E-state index contributed by atoms with van der Waals surface area (Å²) >= 11 is 1.31. The minimum atomic E-state index is -3.87. The van der Waals surface area contributed by atoms with E-state index in [9.17, 15) is 13.2 Å². The molecule has 0 saturated carbocycles. The first kappa shape index (κ1) is 23.2. The molecule has 0 aliphatic carbocycles. The van der Waals surface area contributed by atoms with Gasteiger partial charge in [-0.05, 0) is 58.0 Å². The van der Waals surface area contributed by atoms with Crippen molar-refractivity contribution in [1.82, 2.24) is 14.3 Å². The molecule has 1 aromatic carbocycles. The highest BCUT2D eigenvalue weighted by Gasteiger charge is 2.29. The molecule has 0 saturated heterocycles. The lowest BCUT2D eigenvalue weighted by molar-refractivity contribution is 0.0540. The number of rotatable bonds is 5. The zero-order chi connectivity index (χ0) is 23.0. The van der Waals surface area contributed by atoms with Crippen LogP contribution >= 0.6 is 11.8 Å². The van der Waals surface area contributed by atoms with Gasteiger partial charge in [-0.2, -0.15) is 9.82 Å². The molecule has 0 bridgehead atoms. The smallest absolute Gasteiger partial charge is 0.418 e. The summed E-state index contributed by atoms with van der Waals surface area (Å²) in [5.41, 5.74) is -0.319. The average Bonchev–Trinajstić information content (AvgIpc) is 3.26. The molecule has 0 spiro atoms. The van der Waals surface area contributed by atoms with Crippen LogP contribution in [0.5, 0.6) is 5.75 Å². The van der Waals surface area contributed by atoms with Crippen molar-refractivity contribution in [2.75, 3.05) is 14.2 Å². The molecule has 31 heavy (non-hydrogen) atoms. The number of hydrogen-bond acceptors (Lipinski definition) is 8. The Labute approximate surface area is 186 Å². The normalized spacial score (nSPS) is 16.9. The van der Waals surface area contributed by atoms with Gasteiger partial charge in [-0.3, -0.25) is 9.58 Å². The standard InChI is InChI=1S/C20H26N4O5S2/c1-13-21-23(5)18(30-13)22-31(26,27)14-9-10-17(28-6)15(12-14)16-8-7-11-24(16)19(25)29-20(2,3)4/h7-12,18,22H,1-6H3. The van der Waals surface area contributed by atoms with Gasteiger partial charge in [0.2, 0.25) is 10.0 Å². The summed E-state index contributed by atoms with van der Waals surface area (Å²) in [5.74, 6) is 0.425. The van der Waals surface area contributed by atoms with Gasteiger partial charge in [-0.15, -0.1) is 0 Å². The number of ether oxygens (including phenoxy) is 2. The van der Waals surface area contributed by atoms with Crippen molar-refractivity contribution >= 4 is 32.9 Å². The molecule has 0 amide bonds. The molecule has 168 valence electrons. The van der Waals surface area contributed by atoms with Gasteiger partial charge in [0.25, 0.3) is 0 Å². The van der Waals surface area contributed by atoms with E-state index in [2.05, 4.69) is 9.82 Å². The number of sulfonamides is 1. The molecule has 3 rings (SSSR count). The third-order valence-corrected chi connectivity index (χ3v) is 6.90. The first-order valence-electron chi connectivity index (χ1n) is 9.47. The van der Waals surface area contributed by atoms with Crippen molar-refractivity contribution in [3.8, 4) is 17.0 Å². The number of hydrogen-bond donors (Lipinski definition) is 1. The Hall–Kier alpha value is -2.50. The molecular weight excluding hydrogens is 440 g/mol. The van der Waals surface area contributed by atoms with Gasteiger partial charge in [0.15, 0.2) is 5.50 Å². The Morgan fingerprint density at radius 2 is 1.97 bits per heavy atom. The fourth-order valence-electron chi connectivity index (χ4n) is 2.96. The number of benzene rings is 1. The van der Waals surface area contributed by atoms with Crippen LogP contribution in [0.4, 0.5) is 4.79 Å². The third kappa shape index (κ3) is 5.23. The Bertz CT molecular complexity index is 1120. The molecule has 1 unspecified atom stereocenters. The maximum atomic E-state index is 13.0. The van der Waals surface area contributed by atoms with E-state index >= 15 is 0 Å². The summed E-state index contributed by atoms with van der Waals surface area (Å²) in [6, 6.07) is 7.87. The second-order valence-electron chi connectivity index (χ2n) is 7.89. The Kier molecular flexibility index (Phi) is 6.40. The Morgan fingerprint density at radius 1 is 1.26 bits per heavy atom. The van der Waals surface area contributed by atoms with E-state index in [-0.39, 0.29) is 4.90 Å². The third-order valence-electron chi connectivity index (χ3n) is 4.27. The highest BCUT2D eigenvalue weighted by Crippen LogP contribution is 2.33. The van der Waals surface area contributed by atoms with Gasteiger partial charge < -0.3 is 9.47 Å². The second-order valence-corrected chi connectivity index (χ2v) is 10.9. The van der Waals surface area contributed by atoms with Crippen LogP contribution in [0.15, 0.2) is 46.5 Å². The molecular formula is C20H26N4O5S2. The van der Waals surface area contributed by atoms with Gasteiger partial charge in [-0.1, -0.05) is 11.8 Å². The van der Waals surface area contributed by atoms with Gasteiger partial charge in [-0.25, -0.2) is 13.2 Å². The zero-order valence-electron chi connectivity index (χ0n) is 18.2. The van der Waals surface area contributed by atoms with Crippen LogP contribution in [0, 0.1) is 0 Å². The van der Waals surface area contributed by atoms with E-state index in [4.69, 9.17) is 9.47 Å². The number of carbonyl (C=O) groups is 1. The molecule has 1 atom stereocenters. The molecule has 1 aromatic heterocycles. The summed E-state index contributed by atoms with van der Waals surface area (Å²) < 4.78 is 40.9. The highest BCUT2D eigenvalue weighted by molar-refractivity contribution is 8.14. The zero-order valence-corrected chi connectivity index (χ0v) is 19.9. The minimum Gasteiger partial charge on any atom is -0.496 e. The van der Waals surface area contributed by atoms with Gasteiger partial charge in [0.05, 0.1) is 22.7 Å². The van der Waals surface area contributed by atoms with E-state index < -0.39 is 27.2 Å². The maximum absolute atomic E-state index is 13.0. The highest BCUT2D eigenvalue weighted by atomic mass is 32.2. The molecule has 1 aliphatic rings. The van der Waals surface area contributed by atoms with Gasteiger partial charge in [0, 0.05) is 18.8 Å². The van der Waals surface area contributed by atoms with E-state index in [1.807, 2.05) is 6.92 Å². The first-order valence-corrected chi connectivity index (χ1v) is 11.8. The second kappa shape index (κ2) is 8.56. The number of aromatic nitrogens is 1. The van der Waals surface area contributed by atoms with Crippen molar-refractivity contribution in [2.45, 2.75) is 43.7 Å². The first-order chi connectivity index (χ1) is 14.4. The van der Waals surface area contributed by atoms with Crippen molar-refractivity contribution in [2.24, 2.45) is 5.10 Å². The summed E-state index contributed by atoms with van der Waals surface area (Å²) in [6.07, 6.45) is 0.990. The van der Waals surface area contributed by atoms with Crippen LogP contribution in [0.2, 0.25) is 0 Å². The number of methoxy groups -OCH3 is 1. The van der Waals surface area contributed by atoms with Crippen LogP contribution in [-0.2, 0) is 14.8 Å². The summed E-state index contributed by atoms with van der Waals surface area (Å²) in [6.45, 7) is 7.14. The molecule has 0 fully saturated rings. The van der Waals surface area contributed by atoms with Crippen molar-refractivity contribution in [3.05, 3.63) is 36.5 Å². The predicted molar refractivity (Wildman–Crippen MR) is 121 cm³/mol. The lowest BCUT2D eigenvalue weighted by atomic mass is 10.1. The van der Waals surface area contributed by atoms with Crippen molar-refractivity contribution < 1.29 is 22.7 Å². The van der Waals surface area contributed by atoms with E-state index in [0.717, 1.165) is 5.04 Å². The number of carbonyl (C=O) groups excluding carboxylic acids is 1. The van der Waals surface area contributed by atoms with E-state index in [1.54, 1.807) is 57.2 Å². The lowest BCUT2D eigenvalue weighted by Gasteiger charge is -2.21. The molecule has 1 aliphatic heterocycles. The Balaban J connectivity index is 1.98. The quantitative estimate of drug-likeness (QED) is 0.719. The summed E-state index contributed by atoms with van der Waals surface area (Å²) in [7, 11) is -0.687. The van der Waals surface area contributed by atoms with Crippen LogP contribution in [0.3, 0.4) is 0 Å². The fraction of sp³-hybridized carbons (Fsp3) is 0.400. The number of thioether (sulfide) groups is 1. The van der Waals surface area contributed by atoms with Crippen LogP contribution in [0.1, 0.15) is 27.7 Å². The molecule has 0 radical (unpaired) electrons. The summed E-state index contributed by atoms with van der Waals surface area (Å²) in [5, 5.41) is 6.52. The van der Waals surface area contributed by atoms with Gasteiger partial charge >= 0.3 is 6.09 Å². The molecule has 2 aromatic rings. The fourth-order valence-corrected chi connectivity index (χ4v) is 5.31. The topological polar surface area (TPSA) is 102 Å². The van der Waals surface area contributed by atoms with Crippen LogP contribution in [-0.4, -0.2) is 54.4 Å². The minimum absolute atomic E-state index is 0.0405. The van der Waals surface area contributed by atoms with Crippen molar-refractivity contribution in [1.29, 1.82) is 0 Å². The van der Waals surface area contributed by atoms with Crippen LogP contribution < -0.4 is 9.46 Å². The monoisotopic (exact) mass is 466 g/mol. The molecule has 2 heterocycles. The van der Waals surface area contributed by atoms with E-state index in [1.165, 1.54) is 35.6 Å². The lowest BCUT2D eigenvalue weighted by Crippen LogP contribution is -2.39.